The summed E-state index contributed by atoms with van der Waals surface area (Å²) in [6.45, 7) is 0.504. The second-order valence-electron chi connectivity index (χ2n) is 5.21. The highest BCUT2D eigenvalue weighted by Crippen LogP contribution is 2.23. The second kappa shape index (κ2) is 7.11. The Bertz CT molecular complexity index is 622. The van der Waals surface area contributed by atoms with Gasteiger partial charge in [-0.3, -0.25) is 10.7 Å². The Morgan fingerprint density at radius 2 is 2.23 bits per heavy atom. The zero-order valence-corrected chi connectivity index (χ0v) is 12.6. The minimum absolute atomic E-state index is 0.0744. The number of aliphatic hydroxyl groups excluding tert-OH is 1. The molecule has 1 aliphatic rings. The highest BCUT2D eigenvalue weighted by molar-refractivity contribution is 5.98. The second-order valence-corrected chi connectivity index (χ2v) is 5.21. The zero-order valence-electron chi connectivity index (χ0n) is 12.6. The number of rotatable bonds is 6. The van der Waals surface area contributed by atoms with Crippen molar-refractivity contribution in [2.24, 2.45) is 11.5 Å². The van der Waals surface area contributed by atoms with Gasteiger partial charge in [-0.2, -0.15) is 0 Å². The number of aliphatic hydroxyl groups is 1. The summed E-state index contributed by atoms with van der Waals surface area (Å²) in [6, 6.07) is 7.64. The molecule has 0 aromatic heterocycles. The first kappa shape index (κ1) is 16.1. The van der Waals surface area contributed by atoms with Crippen LogP contribution < -0.4 is 21.5 Å². The van der Waals surface area contributed by atoms with Gasteiger partial charge in [0.05, 0.1) is 7.11 Å². The van der Waals surface area contributed by atoms with Gasteiger partial charge >= 0.3 is 0 Å². The fraction of sp³-hybridized carbons (Fsp3) is 0.312. The van der Waals surface area contributed by atoms with E-state index >= 15 is 0 Å². The van der Waals surface area contributed by atoms with Crippen LogP contribution >= 0.6 is 0 Å². The van der Waals surface area contributed by atoms with Gasteiger partial charge in [-0.1, -0.05) is 12.1 Å². The number of methoxy groups -OCH3 is 1. The Morgan fingerprint density at radius 3 is 2.91 bits per heavy atom. The average Bonchev–Trinajstić information content (AvgIpc) is 2.53. The standard InChI is InChI=1S/C16H22N4O2/c1-22-12-4-2-3-10(7-12)9-20-16(21)11-5-6-14(17)13(8-11)15(18)19/h2-4,7-8,16,20-21H,5-6,9,17H2,1H3,(H3,18,19). The Hall–Kier alpha value is -2.31. The summed E-state index contributed by atoms with van der Waals surface area (Å²) in [6.07, 6.45) is 2.14. The van der Waals surface area contributed by atoms with E-state index in [0.29, 0.717) is 30.7 Å². The lowest BCUT2D eigenvalue weighted by Crippen LogP contribution is -2.32. The van der Waals surface area contributed by atoms with E-state index in [1.165, 1.54) is 0 Å². The number of hydrogen-bond donors (Lipinski definition) is 5. The molecule has 2 rings (SSSR count). The molecule has 6 nitrogen and oxygen atoms in total. The first-order chi connectivity index (χ1) is 10.5. The number of benzene rings is 1. The maximum Gasteiger partial charge on any atom is 0.127 e. The molecule has 1 aromatic rings. The van der Waals surface area contributed by atoms with Crippen molar-refractivity contribution in [1.29, 1.82) is 5.41 Å². The van der Waals surface area contributed by atoms with Crippen molar-refractivity contribution < 1.29 is 9.84 Å². The maximum atomic E-state index is 10.3. The van der Waals surface area contributed by atoms with Crippen LogP contribution in [0.4, 0.5) is 0 Å². The molecule has 0 amide bonds. The van der Waals surface area contributed by atoms with Gasteiger partial charge in [0.15, 0.2) is 0 Å². The van der Waals surface area contributed by atoms with E-state index in [-0.39, 0.29) is 5.84 Å². The van der Waals surface area contributed by atoms with Crippen LogP contribution in [0.5, 0.6) is 5.75 Å². The largest absolute Gasteiger partial charge is 0.497 e. The molecular formula is C16H22N4O2. The van der Waals surface area contributed by atoms with Crippen LogP contribution in [0.2, 0.25) is 0 Å². The Kier molecular flexibility index (Phi) is 5.19. The van der Waals surface area contributed by atoms with E-state index in [9.17, 15) is 5.11 Å². The molecule has 0 saturated heterocycles. The lowest BCUT2D eigenvalue weighted by Gasteiger charge is -2.22. The summed E-state index contributed by atoms with van der Waals surface area (Å²) in [4.78, 5) is 0. The summed E-state index contributed by atoms with van der Waals surface area (Å²) in [5, 5.41) is 20.8. The Balaban J connectivity index is 2.02. The topological polar surface area (TPSA) is 117 Å². The van der Waals surface area contributed by atoms with Gasteiger partial charge < -0.3 is 21.3 Å². The van der Waals surface area contributed by atoms with Gasteiger partial charge in [-0.25, -0.2) is 0 Å². The van der Waals surface area contributed by atoms with Gasteiger partial charge in [0, 0.05) is 17.8 Å². The molecule has 0 aliphatic heterocycles. The third kappa shape index (κ3) is 3.87. The van der Waals surface area contributed by atoms with Gasteiger partial charge in [-0.05, 0) is 42.2 Å². The normalized spacial score (nSPS) is 16.2. The molecule has 0 fully saturated rings. The van der Waals surface area contributed by atoms with Crippen LogP contribution in [0.15, 0.2) is 47.2 Å². The molecule has 0 saturated carbocycles. The van der Waals surface area contributed by atoms with E-state index in [0.717, 1.165) is 16.9 Å². The Labute approximate surface area is 130 Å². The van der Waals surface area contributed by atoms with Crippen molar-refractivity contribution in [3.63, 3.8) is 0 Å². The molecule has 1 unspecified atom stereocenters. The highest BCUT2D eigenvalue weighted by Gasteiger charge is 2.18. The van der Waals surface area contributed by atoms with Crippen molar-refractivity contribution in [1.82, 2.24) is 5.32 Å². The van der Waals surface area contributed by atoms with E-state index in [2.05, 4.69) is 5.32 Å². The summed E-state index contributed by atoms with van der Waals surface area (Å²) in [7, 11) is 1.62. The minimum atomic E-state index is -0.798. The van der Waals surface area contributed by atoms with Crippen LogP contribution in [0, 0.1) is 5.41 Å². The third-order valence-corrected chi connectivity index (χ3v) is 3.63. The smallest absolute Gasteiger partial charge is 0.127 e. The van der Waals surface area contributed by atoms with Gasteiger partial charge in [0.1, 0.15) is 17.8 Å². The molecular weight excluding hydrogens is 280 g/mol. The molecule has 0 bridgehead atoms. The zero-order chi connectivity index (χ0) is 16.1. The fourth-order valence-electron chi connectivity index (χ4n) is 2.36. The van der Waals surface area contributed by atoms with Gasteiger partial charge in [0.2, 0.25) is 0 Å². The first-order valence-corrected chi connectivity index (χ1v) is 7.09. The lowest BCUT2D eigenvalue weighted by molar-refractivity contribution is 0.166. The van der Waals surface area contributed by atoms with Crippen molar-refractivity contribution in [3.05, 3.63) is 52.7 Å². The van der Waals surface area contributed by atoms with Crippen LogP contribution in [0.3, 0.4) is 0 Å². The number of hydrogen-bond acceptors (Lipinski definition) is 5. The summed E-state index contributed by atoms with van der Waals surface area (Å²) in [5.74, 6) is 0.704. The summed E-state index contributed by atoms with van der Waals surface area (Å²) in [5.41, 5.74) is 14.2. The number of amidine groups is 1. The predicted octanol–water partition coefficient (Wildman–Crippen LogP) is 0.972. The number of nitrogens with one attached hydrogen (secondary N) is 2. The van der Waals surface area contributed by atoms with E-state index in [1.807, 2.05) is 24.3 Å². The van der Waals surface area contributed by atoms with E-state index in [4.69, 9.17) is 21.6 Å². The van der Waals surface area contributed by atoms with Crippen LogP contribution in [-0.2, 0) is 6.54 Å². The molecule has 0 heterocycles. The van der Waals surface area contributed by atoms with Crippen molar-refractivity contribution >= 4 is 5.84 Å². The molecule has 0 radical (unpaired) electrons. The number of allylic oxidation sites excluding steroid dienone is 1. The SMILES string of the molecule is COc1cccc(CNC(O)C2=CC(C(=N)N)=C(N)CC2)c1. The van der Waals surface area contributed by atoms with Crippen molar-refractivity contribution in [3.8, 4) is 5.75 Å². The molecule has 118 valence electrons. The van der Waals surface area contributed by atoms with Gasteiger partial charge in [0.25, 0.3) is 0 Å². The van der Waals surface area contributed by atoms with Crippen LogP contribution in [0.25, 0.3) is 0 Å². The predicted molar refractivity (Wildman–Crippen MR) is 86.3 cm³/mol. The molecule has 6 heteroatoms. The minimum Gasteiger partial charge on any atom is -0.497 e. The van der Waals surface area contributed by atoms with E-state index in [1.54, 1.807) is 13.2 Å². The molecule has 22 heavy (non-hydrogen) atoms. The average molecular weight is 302 g/mol. The molecule has 1 aliphatic carbocycles. The molecule has 1 atom stereocenters. The quantitative estimate of drug-likeness (QED) is 0.305. The van der Waals surface area contributed by atoms with Gasteiger partial charge in [-0.15, -0.1) is 0 Å². The molecule has 7 N–H and O–H groups in total. The van der Waals surface area contributed by atoms with Crippen molar-refractivity contribution in [2.45, 2.75) is 25.6 Å². The fourth-order valence-corrected chi connectivity index (χ4v) is 2.36. The van der Waals surface area contributed by atoms with Crippen molar-refractivity contribution in [2.75, 3.05) is 7.11 Å². The lowest BCUT2D eigenvalue weighted by atomic mass is 9.95. The van der Waals surface area contributed by atoms with Crippen LogP contribution in [-0.4, -0.2) is 24.3 Å². The molecule has 0 spiro atoms. The number of ether oxygens (including phenoxy) is 1. The monoisotopic (exact) mass is 302 g/mol. The molecule has 1 aromatic carbocycles. The van der Waals surface area contributed by atoms with E-state index < -0.39 is 6.23 Å². The summed E-state index contributed by atoms with van der Waals surface area (Å²) >= 11 is 0. The third-order valence-electron chi connectivity index (χ3n) is 3.63. The summed E-state index contributed by atoms with van der Waals surface area (Å²) < 4.78 is 5.17. The number of nitrogens with two attached hydrogens (primary N) is 2. The Morgan fingerprint density at radius 1 is 1.45 bits per heavy atom. The first-order valence-electron chi connectivity index (χ1n) is 7.09. The maximum absolute atomic E-state index is 10.3. The van der Waals surface area contributed by atoms with Crippen LogP contribution in [0.1, 0.15) is 18.4 Å². The highest BCUT2D eigenvalue weighted by atomic mass is 16.5.